The summed E-state index contributed by atoms with van der Waals surface area (Å²) in [5.41, 5.74) is 6.15. The highest BCUT2D eigenvalue weighted by atomic mass is 32.2. The molecule has 2 aromatic heterocycles. The lowest BCUT2D eigenvalue weighted by molar-refractivity contribution is 0.0342. The second-order valence-electron chi connectivity index (χ2n) is 8.72. The molecule has 7 nitrogen and oxygen atoms in total. The Bertz CT molecular complexity index is 1280. The van der Waals surface area contributed by atoms with E-state index in [1.54, 1.807) is 11.8 Å². The lowest BCUT2D eigenvalue weighted by atomic mass is 10.1. The van der Waals surface area contributed by atoms with E-state index < -0.39 is 0 Å². The van der Waals surface area contributed by atoms with Gasteiger partial charge in [-0.3, -0.25) is 4.90 Å². The van der Waals surface area contributed by atoms with Gasteiger partial charge in [0.1, 0.15) is 5.76 Å². The molecule has 4 aromatic rings. The summed E-state index contributed by atoms with van der Waals surface area (Å²) in [7, 11) is 0. The van der Waals surface area contributed by atoms with Gasteiger partial charge in [0.25, 0.3) is 0 Å². The van der Waals surface area contributed by atoms with Crippen molar-refractivity contribution in [3.05, 3.63) is 77.3 Å². The first-order valence-corrected chi connectivity index (χ1v) is 12.6. The Morgan fingerprint density at radius 3 is 2.57 bits per heavy atom. The van der Waals surface area contributed by atoms with Gasteiger partial charge >= 0.3 is 0 Å². The summed E-state index contributed by atoms with van der Waals surface area (Å²) in [5.74, 6) is 1.43. The molecule has 0 atom stereocenters. The molecule has 3 heterocycles. The van der Waals surface area contributed by atoms with E-state index in [9.17, 15) is 0 Å². The molecule has 180 valence electrons. The fourth-order valence-corrected chi connectivity index (χ4v) is 4.98. The van der Waals surface area contributed by atoms with Gasteiger partial charge in [-0.25, -0.2) is 9.97 Å². The van der Waals surface area contributed by atoms with Crippen LogP contribution in [0.3, 0.4) is 0 Å². The molecule has 1 saturated heterocycles. The number of benzene rings is 2. The minimum absolute atomic E-state index is 0.586. The molecule has 1 aliphatic heterocycles. The molecule has 8 heteroatoms. The van der Waals surface area contributed by atoms with Crippen LogP contribution in [0, 0.1) is 20.8 Å². The molecule has 0 aliphatic carbocycles. The molecule has 0 radical (unpaired) electrons. The minimum atomic E-state index is 0.586. The van der Waals surface area contributed by atoms with Crippen LogP contribution in [0.4, 0.5) is 11.6 Å². The Hall–Kier alpha value is -3.20. The number of nitrogens with one attached hydrogen (secondary N) is 1. The van der Waals surface area contributed by atoms with Crippen molar-refractivity contribution < 1.29 is 9.26 Å². The maximum absolute atomic E-state index is 5.46. The van der Waals surface area contributed by atoms with Gasteiger partial charge < -0.3 is 14.6 Å². The number of hydrogen-bond acceptors (Lipinski definition) is 8. The smallest absolute Gasteiger partial charge is 0.227 e. The molecule has 0 amide bonds. The van der Waals surface area contributed by atoms with Gasteiger partial charge in [-0.15, -0.1) is 0 Å². The first-order chi connectivity index (χ1) is 17.0. The van der Waals surface area contributed by atoms with E-state index in [2.05, 4.69) is 62.8 Å². The maximum atomic E-state index is 5.46. The summed E-state index contributed by atoms with van der Waals surface area (Å²) in [4.78, 5) is 14.0. The lowest BCUT2D eigenvalue weighted by Gasteiger charge is -2.26. The Morgan fingerprint density at radius 1 is 1.03 bits per heavy atom. The molecule has 1 fully saturated rings. The first-order valence-electron chi connectivity index (χ1n) is 11.8. The Labute approximate surface area is 209 Å². The van der Waals surface area contributed by atoms with E-state index in [-0.39, 0.29) is 0 Å². The van der Waals surface area contributed by atoms with E-state index in [1.165, 1.54) is 5.56 Å². The Kier molecular flexibility index (Phi) is 7.13. The summed E-state index contributed by atoms with van der Waals surface area (Å²) < 4.78 is 10.7. The molecule has 0 unspecified atom stereocenters. The van der Waals surface area contributed by atoms with Crippen molar-refractivity contribution >= 4 is 23.4 Å². The average Bonchev–Trinajstić information content (AvgIpc) is 3.19. The largest absolute Gasteiger partial charge is 0.379 e. The van der Waals surface area contributed by atoms with E-state index in [0.29, 0.717) is 5.95 Å². The topological polar surface area (TPSA) is 76.3 Å². The average molecular weight is 488 g/mol. The van der Waals surface area contributed by atoms with Crippen LogP contribution in [0.5, 0.6) is 0 Å². The zero-order valence-corrected chi connectivity index (χ0v) is 21.1. The summed E-state index contributed by atoms with van der Waals surface area (Å²) in [6.45, 7) is 10.4. The SMILES string of the molecule is Cc1cnc(Nc2cccc(CN3CCOCC3)c2)nc1-c1ccc(Sc2c(C)noc2C)cc1. The number of anilines is 2. The number of aryl methyl sites for hydroxylation is 3. The van der Waals surface area contributed by atoms with Gasteiger partial charge in [-0.05, 0) is 56.2 Å². The fourth-order valence-electron chi connectivity index (χ4n) is 4.11. The number of nitrogens with zero attached hydrogens (tertiary/aromatic N) is 4. The van der Waals surface area contributed by atoms with Gasteiger partial charge in [0, 0.05) is 42.0 Å². The normalized spacial score (nSPS) is 14.3. The molecule has 0 saturated carbocycles. The van der Waals surface area contributed by atoms with Gasteiger partial charge in [0.15, 0.2) is 0 Å². The predicted octanol–water partition coefficient (Wildman–Crippen LogP) is 5.78. The number of rotatable bonds is 7. The van der Waals surface area contributed by atoms with E-state index in [1.807, 2.05) is 33.0 Å². The summed E-state index contributed by atoms with van der Waals surface area (Å²) >= 11 is 1.66. The monoisotopic (exact) mass is 487 g/mol. The molecular formula is C27H29N5O2S. The van der Waals surface area contributed by atoms with Crippen molar-refractivity contribution in [3.63, 3.8) is 0 Å². The fraction of sp³-hybridized carbons (Fsp3) is 0.296. The third-order valence-electron chi connectivity index (χ3n) is 5.98. The van der Waals surface area contributed by atoms with Crippen molar-refractivity contribution in [1.29, 1.82) is 0 Å². The predicted molar refractivity (Wildman–Crippen MR) is 138 cm³/mol. The molecule has 0 spiro atoms. The third-order valence-corrected chi connectivity index (χ3v) is 7.28. The number of ether oxygens (including phenoxy) is 1. The molecular weight excluding hydrogens is 458 g/mol. The maximum Gasteiger partial charge on any atom is 0.227 e. The van der Waals surface area contributed by atoms with Crippen LogP contribution in [0.25, 0.3) is 11.3 Å². The number of hydrogen-bond donors (Lipinski definition) is 1. The molecule has 1 N–H and O–H groups in total. The zero-order chi connectivity index (χ0) is 24.2. The van der Waals surface area contributed by atoms with Crippen LogP contribution in [-0.4, -0.2) is 46.3 Å². The van der Waals surface area contributed by atoms with Crippen molar-refractivity contribution in [2.75, 3.05) is 31.6 Å². The van der Waals surface area contributed by atoms with Crippen molar-refractivity contribution in [1.82, 2.24) is 20.0 Å². The van der Waals surface area contributed by atoms with Crippen LogP contribution >= 0.6 is 11.8 Å². The molecule has 0 bridgehead atoms. The second-order valence-corrected chi connectivity index (χ2v) is 9.80. The van der Waals surface area contributed by atoms with Gasteiger partial charge in [0.2, 0.25) is 5.95 Å². The Morgan fingerprint density at radius 2 is 1.83 bits per heavy atom. The van der Waals surface area contributed by atoms with E-state index in [0.717, 1.165) is 76.6 Å². The van der Waals surface area contributed by atoms with E-state index >= 15 is 0 Å². The van der Waals surface area contributed by atoms with Crippen LogP contribution in [0.15, 0.2) is 69.0 Å². The molecule has 5 rings (SSSR count). The zero-order valence-electron chi connectivity index (χ0n) is 20.2. The van der Waals surface area contributed by atoms with E-state index in [4.69, 9.17) is 14.2 Å². The number of morpholine rings is 1. The van der Waals surface area contributed by atoms with Crippen molar-refractivity contribution in [3.8, 4) is 11.3 Å². The van der Waals surface area contributed by atoms with Gasteiger partial charge in [0.05, 0.1) is 29.5 Å². The van der Waals surface area contributed by atoms with Crippen LogP contribution in [0.2, 0.25) is 0 Å². The highest BCUT2D eigenvalue weighted by Crippen LogP contribution is 2.34. The van der Waals surface area contributed by atoms with Crippen molar-refractivity contribution in [2.24, 2.45) is 0 Å². The summed E-state index contributed by atoms with van der Waals surface area (Å²) in [5, 5.41) is 7.43. The summed E-state index contributed by atoms with van der Waals surface area (Å²) in [6.07, 6.45) is 1.87. The first kappa shape index (κ1) is 23.5. The number of aromatic nitrogens is 3. The summed E-state index contributed by atoms with van der Waals surface area (Å²) in [6, 6.07) is 16.9. The second kappa shape index (κ2) is 10.6. The third kappa shape index (κ3) is 5.73. The van der Waals surface area contributed by atoms with Crippen molar-refractivity contribution in [2.45, 2.75) is 37.1 Å². The van der Waals surface area contributed by atoms with Crippen LogP contribution in [-0.2, 0) is 11.3 Å². The van der Waals surface area contributed by atoms with Gasteiger partial charge in [-0.2, -0.15) is 0 Å². The quantitative estimate of drug-likeness (QED) is 0.351. The molecule has 35 heavy (non-hydrogen) atoms. The molecule has 2 aromatic carbocycles. The molecule has 1 aliphatic rings. The lowest BCUT2D eigenvalue weighted by Crippen LogP contribution is -2.35. The van der Waals surface area contributed by atoms with Crippen LogP contribution < -0.4 is 5.32 Å². The van der Waals surface area contributed by atoms with Gasteiger partial charge in [-0.1, -0.05) is 41.2 Å². The van der Waals surface area contributed by atoms with Crippen LogP contribution in [0.1, 0.15) is 22.6 Å². The minimum Gasteiger partial charge on any atom is -0.379 e. The standard InChI is InChI=1S/C27H29N5O2S/c1-18-16-28-27(29-23-6-4-5-21(15-23)17-32-11-13-33-14-12-32)30-25(18)22-7-9-24(10-8-22)35-26-19(2)31-34-20(26)3/h4-10,15-16H,11-14,17H2,1-3H3,(H,28,29,30). The highest BCUT2D eigenvalue weighted by Gasteiger charge is 2.13. The Balaban J connectivity index is 1.30. The highest BCUT2D eigenvalue weighted by molar-refractivity contribution is 7.99.